The Balaban J connectivity index is 2.10. The largest absolute Gasteiger partial charge is 0.328 e. The molecule has 0 unspecified atom stereocenters. The van der Waals surface area contributed by atoms with Gasteiger partial charge in [0, 0.05) is 7.05 Å². The first-order valence-electron chi connectivity index (χ1n) is 7.30. The summed E-state index contributed by atoms with van der Waals surface area (Å²) in [6.45, 7) is 5.05. The summed E-state index contributed by atoms with van der Waals surface area (Å²) in [5, 5.41) is 4.62. The lowest BCUT2D eigenvalue weighted by Gasteiger charge is -2.06. The zero-order chi connectivity index (χ0) is 15.0. The number of aromatic nitrogens is 4. The monoisotopic (exact) mass is 300 g/mol. The van der Waals surface area contributed by atoms with E-state index >= 15 is 0 Å². The molecular weight excluding hydrogens is 280 g/mol. The van der Waals surface area contributed by atoms with Crippen LogP contribution in [0.4, 0.5) is 0 Å². The Labute approximate surface area is 129 Å². The Hall–Kier alpha value is -1.88. The number of benzene rings is 1. The molecule has 0 bridgehead atoms. The van der Waals surface area contributed by atoms with Crippen LogP contribution in [0, 0.1) is 11.7 Å². The number of hydrogen-bond donors (Lipinski definition) is 1. The standard InChI is InChI=1S/C16H20N4S/c1-4-6-13-14-15(19(3)18-13)20(16(21)17-14)10-12-8-5-7-11(2)9-12/h5,7-9H,4,6,10H2,1-3H3,(H,17,21). The number of imidazole rings is 1. The zero-order valence-corrected chi connectivity index (χ0v) is 13.5. The van der Waals surface area contributed by atoms with Crippen LogP contribution in [-0.4, -0.2) is 19.3 Å². The van der Waals surface area contributed by atoms with Crippen LogP contribution in [0.3, 0.4) is 0 Å². The Kier molecular flexibility index (Phi) is 3.68. The van der Waals surface area contributed by atoms with Gasteiger partial charge in [0.15, 0.2) is 10.4 Å². The van der Waals surface area contributed by atoms with Gasteiger partial charge >= 0.3 is 0 Å². The summed E-state index contributed by atoms with van der Waals surface area (Å²) in [5.41, 5.74) is 5.78. The van der Waals surface area contributed by atoms with E-state index in [9.17, 15) is 0 Å². The molecule has 0 spiro atoms. The molecule has 110 valence electrons. The summed E-state index contributed by atoms with van der Waals surface area (Å²) in [6.07, 6.45) is 2.05. The molecule has 3 rings (SSSR count). The molecule has 0 fully saturated rings. The summed E-state index contributed by atoms with van der Waals surface area (Å²) in [6, 6.07) is 8.53. The Morgan fingerprint density at radius 3 is 2.86 bits per heavy atom. The minimum absolute atomic E-state index is 0.761. The van der Waals surface area contributed by atoms with Gasteiger partial charge in [0.25, 0.3) is 0 Å². The number of fused-ring (bicyclic) bond motifs is 1. The highest BCUT2D eigenvalue weighted by Gasteiger charge is 2.14. The van der Waals surface area contributed by atoms with E-state index in [-0.39, 0.29) is 0 Å². The molecular formula is C16H20N4S. The summed E-state index contributed by atoms with van der Waals surface area (Å²) in [4.78, 5) is 3.33. The Bertz CT molecular complexity index is 838. The third-order valence-electron chi connectivity index (χ3n) is 3.73. The van der Waals surface area contributed by atoms with Gasteiger partial charge in [-0.1, -0.05) is 43.2 Å². The van der Waals surface area contributed by atoms with Gasteiger partial charge < -0.3 is 4.98 Å². The number of aromatic amines is 1. The number of H-pyrrole nitrogens is 1. The fourth-order valence-electron chi connectivity index (χ4n) is 2.83. The molecule has 0 aliphatic rings. The van der Waals surface area contributed by atoms with Crippen LogP contribution in [0.25, 0.3) is 11.2 Å². The van der Waals surface area contributed by atoms with Crippen LogP contribution in [0.2, 0.25) is 0 Å². The van der Waals surface area contributed by atoms with E-state index in [2.05, 4.69) is 52.8 Å². The Morgan fingerprint density at radius 1 is 1.33 bits per heavy atom. The molecule has 3 aromatic rings. The third kappa shape index (κ3) is 2.53. The molecule has 1 aromatic carbocycles. The van der Waals surface area contributed by atoms with Gasteiger partial charge in [-0.25, -0.2) is 0 Å². The van der Waals surface area contributed by atoms with Crippen molar-refractivity contribution in [2.45, 2.75) is 33.2 Å². The average Bonchev–Trinajstić information content (AvgIpc) is 2.90. The normalized spacial score (nSPS) is 11.4. The van der Waals surface area contributed by atoms with Crippen molar-refractivity contribution in [3.05, 3.63) is 45.9 Å². The summed E-state index contributed by atoms with van der Waals surface area (Å²) < 4.78 is 4.82. The molecule has 0 amide bonds. The van der Waals surface area contributed by atoms with Crippen molar-refractivity contribution in [2.75, 3.05) is 0 Å². The van der Waals surface area contributed by atoms with Gasteiger partial charge in [-0.2, -0.15) is 5.10 Å². The third-order valence-corrected chi connectivity index (χ3v) is 4.05. The molecule has 0 saturated carbocycles. The first kappa shape index (κ1) is 14.1. The predicted molar refractivity (Wildman–Crippen MR) is 88.2 cm³/mol. The quantitative estimate of drug-likeness (QED) is 0.745. The van der Waals surface area contributed by atoms with E-state index in [0.29, 0.717) is 0 Å². The molecule has 0 aliphatic carbocycles. The predicted octanol–water partition coefficient (Wildman–Crippen LogP) is 3.74. The van der Waals surface area contributed by atoms with Gasteiger partial charge in [0.2, 0.25) is 0 Å². The average molecular weight is 300 g/mol. The van der Waals surface area contributed by atoms with Crippen LogP contribution in [0.5, 0.6) is 0 Å². The molecule has 0 atom stereocenters. The molecule has 0 saturated heterocycles. The minimum atomic E-state index is 0.761. The smallest absolute Gasteiger partial charge is 0.179 e. The number of rotatable bonds is 4. The molecule has 1 N–H and O–H groups in total. The Morgan fingerprint density at radius 2 is 2.14 bits per heavy atom. The second-order valence-corrected chi connectivity index (χ2v) is 5.91. The molecule has 5 heteroatoms. The van der Waals surface area contributed by atoms with E-state index in [1.54, 1.807) is 0 Å². The molecule has 2 heterocycles. The maximum atomic E-state index is 5.51. The van der Waals surface area contributed by atoms with Crippen molar-refractivity contribution in [1.29, 1.82) is 0 Å². The summed E-state index contributed by atoms with van der Waals surface area (Å²) in [7, 11) is 1.98. The van der Waals surface area contributed by atoms with E-state index in [0.717, 1.165) is 41.0 Å². The minimum Gasteiger partial charge on any atom is -0.328 e. The van der Waals surface area contributed by atoms with Crippen LogP contribution in [-0.2, 0) is 20.0 Å². The lowest BCUT2D eigenvalue weighted by atomic mass is 10.1. The molecule has 2 aromatic heterocycles. The van der Waals surface area contributed by atoms with Crippen molar-refractivity contribution in [2.24, 2.45) is 7.05 Å². The topological polar surface area (TPSA) is 38.5 Å². The van der Waals surface area contributed by atoms with E-state index < -0.39 is 0 Å². The van der Waals surface area contributed by atoms with Gasteiger partial charge in [-0.05, 0) is 31.1 Å². The van der Waals surface area contributed by atoms with Crippen molar-refractivity contribution < 1.29 is 0 Å². The highest BCUT2D eigenvalue weighted by atomic mass is 32.1. The molecule has 0 aliphatic heterocycles. The van der Waals surface area contributed by atoms with E-state index in [1.165, 1.54) is 11.1 Å². The summed E-state index contributed by atoms with van der Waals surface area (Å²) >= 11 is 5.51. The SMILES string of the molecule is CCCc1nn(C)c2c1[nH]c(=S)n2Cc1cccc(C)c1. The van der Waals surface area contributed by atoms with Crippen LogP contribution >= 0.6 is 12.2 Å². The first-order chi connectivity index (χ1) is 10.1. The number of aryl methyl sites for hydroxylation is 3. The van der Waals surface area contributed by atoms with Crippen LogP contribution in [0.1, 0.15) is 30.2 Å². The van der Waals surface area contributed by atoms with Crippen molar-refractivity contribution in [1.82, 2.24) is 19.3 Å². The van der Waals surface area contributed by atoms with Crippen molar-refractivity contribution >= 4 is 23.4 Å². The van der Waals surface area contributed by atoms with Gasteiger partial charge in [0.05, 0.1) is 12.2 Å². The maximum absolute atomic E-state index is 5.51. The fourth-order valence-corrected chi connectivity index (χ4v) is 3.08. The number of nitrogens with one attached hydrogen (secondary N) is 1. The fraction of sp³-hybridized carbons (Fsp3) is 0.375. The molecule has 0 radical (unpaired) electrons. The number of nitrogens with zero attached hydrogens (tertiary/aromatic N) is 3. The van der Waals surface area contributed by atoms with Crippen molar-refractivity contribution in [3.8, 4) is 0 Å². The number of hydrogen-bond acceptors (Lipinski definition) is 2. The first-order valence-corrected chi connectivity index (χ1v) is 7.71. The summed E-state index contributed by atoms with van der Waals surface area (Å²) in [5.74, 6) is 0. The lowest BCUT2D eigenvalue weighted by molar-refractivity contribution is 0.703. The second kappa shape index (κ2) is 5.48. The van der Waals surface area contributed by atoms with E-state index in [1.807, 2.05) is 11.7 Å². The molecule has 4 nitrogen and oxygen atoms in total. The lowest BCUT2D eigenvalue weighted by Crippen LogP contribution is -2.04. The van der Waals surface area contributed by atoms with Gasteiger partial charge in [-0.15, -0.1) is 0 Å². The van der Waals surface area contributed by atoms with Gasteiger partial charge in [-0.3, -0.25) is 9.25 Å². The van der Waals surface area contributed by atoms with Crippen molar-refractivity contribution in [3.63, 3.8) is 0 Å². The van der Waals surface area contributed by atoms with E-state index in [4.69, 9.17) is 12.2 Å². The van der Waals surface area contributed by atoms with Crippen LogP contribution < -0.4 is 0 Å². The zero-order valence-electron chi connectivity index (χ0n) is 12.7. The van der Waals surface area contributed by atoms with Gasteiger partial charge in [0.1, 0.15) is 5.52 Å². The highest BCUT2D eigenvalue weighted by molar-refractivity contribution is 7.71. The second-order valence-electron chi connectivity index (χ2n) is 5.52. The van der Waals surface area contributed by atoms with Crippen LogP contribution in [0.15, 0.2) is 24.3 Å². The highest BCUT2D eigenvalue weighted by Crippen LogP contribution is 2.20. The maximum Gasteiger partial charge on any atom is 0.179 e. The molecule has 21 heavy (non-hydrogen) atoms.